The zero-order valence-corrected chi connectivity index (χ0v) is 12.2. The van der Waals surface area contributed by atoms with Crippen molar-refractivity contribution < 1.29 is 0 Å². The van der Waals surface area contributed by atoms with Gasteiger partial charge in [0.2, 0.25) is 0 Å². The summed E-state index contributed by atoms with van der Waals surface area (Å²) in [5.74, 6) is 2.28. The van der Waals surface area contributed by atoms with Gasteiger partial charge in [0.25, 0.3) is 0 Å². The normalized spacial score (nSPS) is 30.8. The predicted octanol–water partition coefficient (Wildman–Crippen LogP) is 4.96. The Labute approximate surface area is 110 Å². The first kappa shape index (κ1) is 13.0. The number of hydrogen-bond acceptors (Lipinski definition) is 1. The molecule has 0 amide bonds. The van der Waals surface area contributed by atoms with E-state index in [0.29, 0.717) is 5.92 Å². The monoisotopic (exact) mass is 248 g/mol. The largest absolute Gasteiger partial charge is 0.155 e. The quantitative estimate of drug-likeness (QED) is 0.729. The molecule has 1 aromatic carbocycles. The third kappa shape index (κ3) is 2.88. The van der Waals surface area contributed by atoms with Crippen molar-refractivity contribution in [3.63, 3.8) is 0 Å². The molecule has 4 unspecified atom stereocenters. The molecule has 1 heterocycles. The van der Waals surface area contributed by atoms with Gasteiger partial charge in [0.15, 0.2) is 0 Å². The van der Waals surface area contributed by atoms with Crippen molar-refractivity contribution in [2.24, 2.45) is 11.8 Å². The lowest BCUT2D eigenvalue weighted by atomic mass is 9.80. The Hall–Kier alpha value is -0.430. The summed E-state index contributed by atoms with van der Waals surface area (Å²) >= 11 is 2.20. The van der Waals surface area contributed by atoms with Crippen LogP contribution in [0.4, 0.5) is 0 Å². The Morgan fingerprint density at radius 3 is 2.24 bits per heavy atom. The topological polar surface area (TPSA) is 0 Å². The van der Waals surface area contributed by atoms with E-state index in [9.17, 15) is 0 Å². The van der Waals surface area contributed by atoms with Crippen LogP contribution in [0.5, 0.6) is 0 Å². The van der Waals surface area contributed by atoms with Gasteiger partial charge >= 0.3 is 0 Å². The van der Waals surface area contributed by atoms with Crippen molar-refractivity contribution in [3.05, 3.63) is 35.9 Å². The van der Waals surface area contributed by atoms with Gasteiger partial charge in [0.1, 0.15) is 0 Å². The fourth-order valence-electron chi connectivity index (χ4n) is 3.18. The molecule has 17 heavy (non-hydrogen) atoms. The number of rotatable bonds is 3. The zero-order chi connectivity index (χ0) is 12.4. The highest BCUT2D eigenvalue weighted by atomic mass is 32.2. The molecule has 1 aliphatic heterocycles. The van der Waals surface area contributed by atoms with E-state index in [-0.39, 0.29) is 0 Å². The third-order valence-electron chi connectivity index (χ3n) is 3.91. The highest BCUT2D eigenvalue weighted by molar-refractivity contribution is 8.00. The first-order chi connectivity index (χ1) is 8.09. The molecule has 0 nitrogen and oxygen atoms in total. The Bertz CT molecular complexity index is 344. The van der Waals surface area contributed by atoms with E-state index in [1.165, 1.54) is 12.0 Å². The van der Waals surface area contributed by atoms with Crippen molar-refractivity contribution >= 4 is 11.8 Å². The molecule has 0 aromatic heterocycles. The molecule has 0 spiro atoms. The summed E-state index contributed by atoms with van der Waals surface area (Å²) in [5.41, 5.74) is 1.53. The Kier molecular flexibility index (Phi) is 4.19. The SMILES string of the molecule is CC1CC(C)C(C(c2ccccc2)C(C)C)S1. The van der Waals surface area contributed by atoms with Crippen LogP contribution in [0.15, 0.2) is 30.3 Å². The van der Waals surface area contributed by atoms with E-state index in [0.717, 1.165) is 22.3 Å². The minimum Gasteiger partial charge on any atom is -0.155 e. The van der Waals surface area contributed by atoms with E-state index in [2.05, 4.69) is 69.8 Å². The standard InChI is InChI=1S/C16H24S/c1-11(2)15(14-8-6-5-7-9-14)16-12(3)10-13(4)17-16/h5-9,11-13,15-16H,10H2,1-4H3. The molecule has 1 fully saturated rings. The molecule has 1 saturated heterocycles. The molecular formula is C16H24S. The lowest BCUT2D eigenvalue weighted by Crippen LogP contribution is -2.23. The summed E-state index contributed by atoms with van der Waals surface area (Å²) in [7, 11) is 0. The molecule has 2 rings (SSSR count). The first-order valence-electron chi connectivity index (χ1n) is 6.80. The molecule has 1 heteroatoms. The van der Waals surface area contributed by atoms with Crippen molar-refractivity contribution in [2.45, 2.75) is 50.5 Å². The van der Waals surface area contributed by atoms with Crippen LogP contribution >= 0.6 is 11.8 Å². The lowest BCUT2D eigenvalue weighted by molar-refractivity contribution is 0.407. The summed E-state index contributed by atoms with van der Waals surface area (Å²) < 4.78 is 0. The van der Waals surface area contributed by atoms with Gasteiger partial charge in [-0.05, 0) is 29.7 Å². The number of thioether (sulfide) groups is 1. The molecule has 0 aliphatic carbocycles. The fraction of sp³-hybridized carbons (Fsp3) is 0.625. The van der Waals surface area contributed by atoms with Crippen LogP contribution in [-0.4, -0.2) is 10.5 Å². The Balaban J connectivity index is 2.24. The van der Waals surface area contributed by atoms with Gasteiger partial charge in [-0.2, -0.15) is 11.8 Å². The molecule has 0 radical (unpaired) electrons. The van der Waals surface area contributed by atoms with Gasteiger partial charge < -0.3 is 0 Å². The first-order valence-corrected chi connectivity index (χ1v) is 7.74. The maximum Gasteiger partial charge on any atom is 0.0147 e. The highest BCUT2D eigenvalue weighted by Crippen LogP contribution is 2.47. The highest BCUT2D eigenvalue weighted by Gasteiger charge is 2.37. The molecule has 0 bridgehead atoms. The molecule has 1 aromatic rings. The number of benzene rings is 1. The minimum atomic E-state index is 0.709. The average molecular weight is 248 g/mol. The lowest BCUT2D eigenvalue weighted by Gasteiger charge is -2.30. The molecule has 0 saturated carbocycles. The third-order valence-corrected chi connectivity index (χ3v) is 5.64. The van der Waals surface area contributed by atoms with Crippen LogP contribution in [0.2, 0.25) is 0 Å². The molecule has 94 valence electrons. The van der Waals surface area contributed by atoms with Crippen LogP contribution in [-0.2, 0) is 0 Å². The second-order valence-electron chi connectivity index (χ2n) is 5.80. The van der Waals surface area contributed by atoms with Crippen LogP contribution < -0.4 is 0 Å². The van der Waals surface area contributed by atoms with Gasteiger partial charge in [0.05, 0.1) is 0 Å². The van der Waals surface area contributed by atoms with Crippen molar-refractivity contribution in [1.82, 2.24) is 0 Å². The van der Waals surface area contributed by atoms with Gasteiger partial charge in [-0.25, -0.2) is 0 Å². The maximum atomic E-state index is 2.43. The molecule has 0 N–H and O–H groups in total. The van der Waals surface area contributed by atoms with E-state index >= 15 is 0 Å². The Morgan fingerprint density at radius 1 is 1.12 bits per heavy atom. The number of hydrogen-bond donors (Lipinski definition) is 0. The van der Waals surface area contributed by atoms with Gasteiger partial charge in [-0.1, -0.05) is 58.0 Å². The van der Waals surface area contributed by atoms with Crippen LogP contribution in [0.3, 0.4) is 0 Å². The summed E-state index contributed by atoms with van der Waals surface area (Å²) in [6.45, 7) is 9.55. The predicted molar refractivity (Wildman–Crippen MR) is 78.6 cm³/mol. The van der Waals surface area contributed by atoms with E-state index < -0.39 is 0 Å². The Morgan fingerprint density at radius 2 is 1.76 bits per heavy atom. The van der Waals surface area contributed by atoms with Crippen molar-refractivity contribution in [1.29, 1.82) is 0 Å². The van der Waals surface area contributed by atoms with Crippen LogP contribution in [0.1, 0.15) is 45.6 Å². The zero-order valence-electron chi connectivity index (χ0n) is 11.4. The molecule has 1 aliphatic rings. The molecular weight excluding hydrogens is 224 g/mol. The van der Waals surface area contributed by atoms with E-state index in [4.69, 9.17) is 0 Å². The second kappa shape index (κ2) is 5.48. The second-order valence-corrected chi connectivity index (χ2v) is 7.43. The van der Waals surface area contributed by atoms with Crippen molar-refractivity contribution in [2.75, 3.05) is 0 Å². The van der Waals surface area contributed by atoms with Gasteiger partial charge in [-0.15, -0.1) is 0 Å². The van der Waals surface area contributed by atoms with Crippen LogP contribution in [0, 0.1) is 11.8 Å². The molecule has 4 atom stereocenters. The summed E-state index contributed by atoms with van der Waals surface area (Å²) in [5, 5.41) is 1.63. The van der Waals surface area contributed by atoms with Gasteiger partial charge in [0, 0.05) is 10.5 Å². The van der Waals surface area contributed by atoms with Crippen LogP contribution in [0.25, 0.3) is 0 Å². The van der Waals surface area contributed by atoms with Gasteiger partial charge in [-0.3, -0.25) is 0 Å². The average Bonchev–Trinajstić information content (AvgIpc) is 2.59. The summed E-state index contributed by atoms with van der Waals surface area (Å²) in [4.78, 5) is 0. The summed E-state index contributed by atoms with van der Waals surface area (Å²) in [6.07, 6.45) is 1.38. The van der Waals surface area contributed by atoms with E-state index in [1.807, 2.05) is 0 Å². The summed E-state index contributed by atoms with van der Waals surface area (Å²) in [6, 6.07) is 11.1. The van der Waals surface area contributed by atoms with E-state index in [1.54, 1.807) is 0 Å². The smallest absolute Gasteiger partial charge is 0.0147 e. The fourth-order valence-corrected chi connectivity index (χ4v) is 5.15. The maximum absolute atomic E-state index is 2.43. The van der Waals surface area contributed by atoms with Crippen molar-refractivity contribution in [3.8, 4) is 0 Å². The minimum absolute atomic E-state index is 0.709.